The number of rotatable bonds is 5. The highest BCUT2D eigenvalue weighted by molar-refractivity contribution is 5.99. The molecule has 1 amide bonds. The Bertz CT molecular complexity index is 1190. The molecule has 1 aliphatic heterocycles. The van der Waals surface area contributed by atoms with Gasteiger partial charge in [-0.2, -0.15) is 0 Å². The summed E-state index contributed by atoms with van der Waals surface area (Å²) < 4.78 is 10.4. The van der Waals surface area contributed by atoms with E-state index in [1.54, 1.807) is 4.90 Å². The van der Waals surface area contributed by atoms with E-state index in [1.807, 2.05) is 31.2 Å². The Hall–Kier alpha value is -3.95. The molecule has 1 aromatic heterocycles. The number of fused-ring (bicyclic) bond motifs is 1. The van der Waals surface area contributed by atoms with Crippen molar-refractivity contribution in [2.45, 2.75) is 6.92 Å². The van der Waals surface area contributed by atoms with Crippen molar-refractivity contribution in [3.8, 4) is 11.5 Å². The molecule has 0 N–H and O–H groups in total. The van der Waals surface area contributed by atoms with Crippen LogP contribution in [0.3, 0.4) is 0 Å². The zero-order chi connectivity index (χ0) is 22.8. The maximum Gasteiger partial charge on any atom is 0.286 e. The molecule has 3 aromatic rings. The molecule has 0 atom stereocenters. The van der Waals surface area contributed by atoms with Gasteiger partial charge >= 0.3 is 0 Å². The van der Waals surface area contributed by atoms with Gasteiger partial charge in [-0.15, -0.1) is 0 Å². The van der Waals surface area contributed by atoms with E-state index >= 15 is 0 Å². The maximum atomic E-state index is 13.2. The fourth-order valence-corrected chi connectivity index (χ4v) is 3.86. The van der Waals surface area contributed by atoms with Crippen LogP contribution in [0.2, 0.25) is 0 Å². The van der Waals surface area contributed by atoms with E-state index in [0.717, 1.165) is 22.5 Å². The van der Waals surface area contributed by atoms with Crippen LogP contribution in [0.1, 0.15) is 16.1 Å². The third-order valence-electron chi connectivity index (χ3n) is 5.52. The maximum absolute atomic E-state index is 13.2. The van der Waals surface area contributed by atoms with E-state index in [0.29, 0.717) is 26.2 Å². The second kappa shape index (κ2) is 8.66. The van der Waals surface area contributed by atoms with Crippen molar-refractivity contribution in [3.05, 3.63) is 57.8 Å². The van der Waals surface area contributed by atoms with Crippen LogP contribution in [0.25, 0.3) is 11.0 Å². The van der Waals surface area contributed by atoms with E-state index in [2.05, 4.69) is 9.88 Å². The van der Waals surface area contributed by atoms with E-state index < -0.39 is 10.8 Å². The summed E-state index contributed by atoms with van der Waals surface area (Å²) in [6, 6.07) is 10.3. The van der Waals surface area contributed by atoms with Gasteiger partial charge in [-0.05, 0) is 19.1 Å². The molecule has 166 valence electrons. The molecule has 1 aliphatic rings. The highest BCUT2D eigenvalue weighted by Crippen LogP contribution is 2.35. The molecule has 2 aromatic carbocycles. The Balaban J connectivity index is 1.55. The number of ether oxygens (including phenoxy) is 2. The van der Waals surface area contributed by atoms with E-state index in [4.69, 9.17) is 14.5 Å². The number of aryl methyl sites for hydroxylation is 1. The first-order valence-electron chi connectivity index (χ1n) is 10.1. The third-order valence-corrected chi connectivity index (χ3v) is 5.52. The number of nitrogens with zero attached hydrogens (tertiary/aromatic N) is 5. The number of hydrogen-bond acceptors (Lipinski definition) is 8. The molecule has 4 rings (SSSR count). The fourth-order valence-electron chi connectivity index (χ4n) is 3.86. The monoisotopic (exact) mass is 437 g/mol. The lowest BCUT2D eigenvalue weighted by Crippen LogP contribution is -2.49. The number of para-hydroxylation sites is 2. The Morgan fingerprint density at radius 3 is 2.19 bits per heavy atom. The molecule has 0 aliphatic carbocycles. The number of nitro groups is 1. The Morgan fingerprint density at radius 1 is 1.00 bits per heavy atom. The van der Waals surface area contributed by atoms with Gasteiger partial charge in [-0.3, -0.25) is 14.9 Å². The molecule has 10 heteroatoms. The standard InChI is InChI=1S/C22H23N5O5/c1-14-21(24-17-7-5-4-6-16(17)23-14)25-8-10-26(11-9-25)22(28)15-12-19(31-2)20(32-3)13-18(15)27(29)30/h4-7,12-13H,8-11H2,1-3H3. The normalized spacial score (nSPS) is 13.8. The van der Waals surface area contributed by atoms with Crippen LogP contribution in [0.5, 0.6) is 11.5 Å². The average molecular weight is 437 g/mol. The molecular formula is C22H23N5O5. The lowest BCUT2D eigenvalue weighted by atomic mass is 10.1. The number of anilines is 1. The van der Waals surface area contributed by atoms with Crippen LogP contribution in [0.4, 0.5) is 11.5 Å². The second-order valence-corrected chi connectivity index (χ2v) is 7.38. The van der Waals surface area contributed by atoms with E-state index in [9.17, 15) is 14.9 Å². The lowest BCUT2D eigenvalue weighted by molar-refractivity contribution is -0.385. The molecule has 0 saturated carbocycles. The third kappa shape index (κ3) is 3.86. The van der Waals surface area contributed by atoms with Gasteiger partial charge in [-0.1, -0.05) is 12.1 Å². The van der Waals surface area contributed by atoms with Crippen molar-refractivity contribution in [2.75, 3.05) is 45.3 Å². The van der Waals surface area contributed by atoms with Crippen LogP contribution in [-0.4, -0.2) is 66.1 Å². The van der Waals surface area contributed by atoms with Crippen LogP contribution < -0.4 is 14.4 Å². The Kier molecular flexibility index (Phi) is 5.76. The number of carbonyl (C=O) groups is 1. The summed E-state index contributed by atoms with van der Waals surface area (Å²) in [5.74, 6) is 0.833. The number of nitro benzene ring substituents is 1. The van der Waals surface area contributed by atoms with Crippen LogP contribution in [-0.2, 0) is 0 Å². The summed E-state index contributed by atoms with van der Waals surface area (Å²) >= 11 is 0. The minimum absolute atomic E-state index is 0.0252. The molecule has 10 nitrogen and oxygen atoms in total. The second-order valence-electron chi connectivity index (χ2n) is 7.38. The average Bonchev–Trinajstić information content (AvgIpc) is 2.82. The van der Waals surface area contributed by atoms with Crippen LogP contribution in [0, 0.1) is 17.0 Å². The van der Waals surface area contributed by atoms with Gasteiger partial charge in [0.2, 0.25) is 0 Å². The number of aromatic nitrogens is 2. The zero-order valence-corrected chi connectivity index (χ0v) is 18.1. The minimum Gasteiger partial charge on any atom is -0.493 e. The molecular weight excluding hydrogens is 414 g/mol. The topological polar surface area (TPSA) is 111 Å². The highest BCUT2D eigenvalue weighted by atomic mass is 16.6. The van der Waals surface area contributed by atoms with Gasteiger partial charge in [0.1, 0.15) is 5.56 Å². The summed E-state index contributed by atoms with van der Waals surface area (Å²) in [6.07, 6.45) is 0. The van der Waals surface area contributed by atoms with Gasteiger partial charge in [0, 0.05) is 32.2 Å². The smallest absolute Gasteiger partial charge is 0.286 e. The van der Waals surface area contributed by atoms with Gasteiger partial charge in [0.25, 0.3) is 11.6 Å². The predicted octanol–water partition coefficient (Wildman–Crippen LogP) is 2.83. The van der Waals surface area contributed by atoms with Crippen LogP contribution in [0.15, 0.2) is 36.4 Å². The number of amides is 1. The van der Waals surface area contributed by atoms with Gasteiger partial charge < -0.3 is 19.3 Å². The summed E-state index contributed by atoms with van der Waals surface area (Å²) in [6.45, 7) is 3.80. The number of methoxy groups -OCH3 is 2. The molecule has 0 radical (unpaired) electrons. The zero-order valence-electron chi connectivity index (χ0n) is 18.1. The van der Waals surface area contributed by atoms with Gasteiger partial charge in [0.05, 0.1) is 41.9 Å². The Morgan fingerprint density at radius 2 is 1.59 bits per heavy atom. The lowest BCUT2D eigenvalue weighted by Gasteiger charge is -2.35. The fraction of sp³-hybridized carbons (Fsp3) is 0.318. The van der Waals surface area contributed by atoms with Crippen molar-refractivity contribution in [1.29, 1.82) is 0 Å². The Labute approximate surface area is 184 Å². The summed E-state index contributed by atoms with van der Waals surface area (Å²) in [4.78, 5) is 37.2. The van der Waals surface area contributed by atoms with Crippen molar-refractivity contribution < 1.29 is 19.2 Å². The quantitative estimate of drug-likeness (QED) is 0.443. The largest absolute Gasteiger partial charge is 0.493 e. The van der Waals surface area contributed by atoms with E-state index in [1.165, 1.54) is 26.4 Å². The predicted molar refractivity (Wildman–Crippen MR) is 119 cm³/mol. The first kappa shape index (κ1) is 21.3. The number of benzene rings is 2. The molecule has 1 saturated heterocycles. The SMILES string of the molecule is COc1cc(C(=O)N2CCN(c3nc4ccccc4nc3C)CC2)c([N+](=O)[O-])cc1OC. The van der Waals surface area contributed by atoms with E-state index in [-0.39, 0.29) is 22.7 Å². The molecule has 1 fully saturated rings. The first-order valence-corrected chi connectivity index (χ1v) is 10.1. The summed E-state index contributed by atoms with van der Waals surface area (Å²) in [5, 5.41) is 11.6. The summed E-state index contributed by atoms with van der Waals surface area (Å²) in [5.41, 5.74) is 2.13. The van der Waals surface area contributed by atoms with Crippen molar-refractivity contribution in [3.63, 3.8) is 0 Å². The molecule has 0 unspecified atom stereocenters. The van der Waals surface area contributed by atoms with Crippen LogP contribution >= 0.6 is 0 Å². The van der Waals surface area contributed by atoms with Gasteiger partial charge in [0.15, 0.2) is 17.3 Å². The molecule has 0 bridgehead atoms. The molecule has 0 spiro atoms. The molecule has 2 heterocycles. The highest BCUT2D eigenvalue weighted by Gasteiger charge is 2.30. The first-order chi connectivity index (χ1) is 15.4. The number of carbonyl (C=O) groups excluding carboxylic acids is 1. The van der Waals surface area contributed by atoms with Gasteiger partial charge in [-0.25, -0.2) is 9.97 Å². The van der Waals surface area contributed by atoms with Crippen molar-refractivity contribution in [1.82, 2.24) is 14.9 Å². The molecule has 32 heavy (non-hydrogen) atoms. The number of hydrogen-bond donors (Lipinski definition) is 0. The van der Waals surface area contributed by atoms with Crippen molar-refractivity contribution in [2.24, 2.45) is 0 Å². The van der Waals surface area contributed by atoms with Crippen molar-refractivity contribution >= 4 is 28.4 Å². The minimum atomic E-state index is -0.584. The number of piperazine rings is 1. The summed E-state index contributed by atoms with van der Waals surface area (Å²) in [7, 11) is 2.81.